The Balaban J connectivity index is 2.35. The lowest BCUT2D eigenvalue weighted by Crippen LogP contribution is -2.69. The van der Waals surface area contributed by atoms with E-state index in [0.717, 1.165) is 0 Å². The molecule has 2 aliphatic rings. The van der Waals surface area contributed by atoms with Crippen LogP contribution in [0.1, 0.15) is 6.42 Å². The number of carboxylic acids is 1. The Bertz CT molecular complexity index is 566. The average molecular weight is 429 g/mol. The maximum atomic E-state index is 12.0. The molecule has 0 bridgehead atoms. The van der Waals surface area contributed by atoms with Crippen LogP contribution in [0.25, 0.3) is 0 Å². The Morgan fingerprint density at radius 3 is 2.31 bits per heavy atom. The van der Waals surface area contributed by atoms with Crippen LogP contribution in [0, 0.1) is 0 Å². The van der Waals surface area contributed by atoms with E-state index in [2.05, 4.69) is 0 Å². The first kappa shape index (κ1) is 24.3. The molecule has 0 aliphatic carbocycles. The molecule has 2 saturated heterocycles. The molecule has 1 unspecified atom stereocenters. The first-order chi connectivity index (χ1) is 13.5. The molecule has 11 N–H and O–H groups in total. The fraction of sp³-hybridized carbons (Fsp3) is 0.933. The van der Waals surface area contributed by atoms with Gasteiger partial charge in [-0.1, -0.05) is 0 Å². The van der Waals surface area contributed by atoms with Crippen LogP contribution in [-0.4, -0.2) is 132 Å². The molecule has 0 amide bonds. The van der Waals surface area contributed by atoms with Crippen LogP contribution in [0.2, 0.25) is 0 Å². The van der Waals surface area contributed by atoms with E-state index in [1.54, 1.807) is 0 Å². The third-order valence-electron chi connectivity index (χ3n) is 5.04. The molecular formula is C15H27NO13. The monoisotopic (exact) mass is 429 g/mol. The lowest BCUT2D eigenvalue weighted by Gasteiger charge is -2.48. The van der Waals surface area contributed by atoms with Gasteiger partial charge in [-0.05, 0) is 0 Å². The Hall–Kier alpha value is -1.01. The van der Waals surface area contributed by atoms with Crippen molar-refractivity contribution in [3.63, 3.8) is 0 Å². The largest absolute Gasteiger partial charge is 0.477 e. The van der Waals surface area contributed by atoms with Crippen molar-refractivity contribution in [1.82, 2.24) is 0 Å². The second kappa shape index (κ2) is 9.42. The molecule has 0 spiro atoms. The van der Waals surface area contributed by atoms with Gasteiger partial charge in [0.2, 0.25) is 0 Å². The van der Waals surface area contributed by atoms with Crippen molar-refractivity contribution >= 4 is 5.97 Å². The molecule has 0 radical (unpaired) electrons. The Morgan fingerprint density at radius 1 is 1.17 bits per heavy atom. The van der Waals surface area contributed by atoms with E-state index in [0.29, 0.717) is 0 Å². The zero-order valence-electron chi connectivity index (χ0n) is 15.1. The SMILES string of the molecule is N[C@H]1[C@H]([C@H](O)[C@H](O)CO)O[C@@](O[C@H]2[C@@H](O)[C@@H](CO)OC(O)[C@@H]2O)(C(=O)O)C[C@@H]1O. The maximum absolute atomic E-state index is 12.0. The summed E-state index contributed by atoms with van der Waals surface area (Å²) in [5, 5.41) is 87.9. The van der Waals surface area contributed by atoms with Gasteiger partial charge in [0.25, 0.3) is 5.79 Å². The van der Waals surface area contributed by atoms with Crippen molar-refractivity contribution in [1.29, 1.82) is 0 Å². The highest BCUT2D eigenvalue weighted by Crippen LogP contribution is 2.36. The van der Waals surface area contributed by atoms with Gasteiger partial charge in [-0.2, -0.15) is 0 Å². The summed E-state index contributed by atoms with van der Waals surface area (Å²) in [5.41, 5.74) is 5.72. The van der Waals surface area contributed by atoms with Gasteiger partial charge in [0, 0.05) is 6.42 Å². The van der Waals surface area contributed by atoms with Crippen molar-refractivity contribution in [3.8, 4) is 0 Å². The van der Waals surface area contributed by atoms with Crippen LogP contribution in [-0.2, 0) is 19.0 Å². The van der Waals surface area contributed by atoms with E-state index in [-0.39, 0.29) is 0 Å². The van der Waals surface area contributed by atoms with Crippen LogP contribution in [0.15, 0.2) is 0 Å². The fourth-order valence-corrected chi connectivity index (χ4v) is 3.29. The van der Waals surface area contributed by atoms with Crippen molar-refractivity contribution in [2.45, 2.75) is 73.4 Å². The van der Waals surface area contributed by atoms with E-state index in [1.165, 1.54) is 0 Å². The third-order valence-corrected chi connectivity index (χ3v) is 5.04. The smallest absolute Gasteiger partial charge is 0.364 e. The molecule has 2 aliphatic heterocycles. The van der Waals surface area contributed by atoms with Gasteiger partial charge in [0.05, 0.1) is 25.4 Å². The van der Waals surface area contributed by atoms with Crippen LogP contribution in [0.5, 0.6) is 0 Å². The molecule has 11 atom stereocenters. The van der Waals surface area contributed by atoms with E-state index in [4.69, 9.17) is 25.1 Å². The van der Waals surface area contributed by atoms with Crippen molar-refractivity contribution < 1.29 is 65.0 Å². The third kappa shape index (κ3) is 4.68. The Morgan fingerprint density at radius 2 is 1.79 bits per heavy atom. The topological polar surface area (TPSA) is 253 Å². The van der Waals surface area contributed by atoms with E-state index >= 15 is 0 Å². The molecule has 29 heavy (non-hydrogen) atoms. The van der Waals surface area contributed by atoms with E-state index in [9.17, 15) is 45.6 Å². The summed E-state index contributed by atoms with van der Waals surface area (Å²) in [7, 11) is 0. The van der Waals surface area contributed by atoms with Crippen LogP contribution >= 0.6 is 0 Å². The number of nitrogens with two attached hydrogens (primary N) is 1. The van der Waals surface area contributed by atoms with Gasteiger partial charge in [0.1, 0.15) is 42.7 Å². The predicted molar refractivity (Wildman–Crippen MR) is 87.8 cm³/mol. The first-order valence-electron chi connectivity index (χ1n) is 8.79. The van der Waals surface area contributed by atoms with Gasteiger partial charge in [0.15, 0.2) is 6.29 Å². The fourth-order valence-electron chi connectivity index (χ4n) is 3.29. The van der Waals surface area contributed by atoms with Crippen LogP contribution in [0.4, 0.5) is 0 Å². The number of hydrogen-bond acceptors (Lipinski definition) is 13. The highest BCUT2D eigenvalue weighted by Gasteiger charge is 2.58. The zero-order valence-corrected chi connectivity index (χ0v) is 15.1. The van der Waals surface area contributed by atoms with Crippen LogP contribution < -0.4 is 5.73 Å². The van der Waals surface area contributed by atoms with Crippen molar-refractivity contribution in [3.05, 3.63) is 0 Å². The van der Waals surface area contributed by atoms with E-state index < -0.39 is 92.6 Å². The highest BCUT2D eigenvalue weighted by atomic mass is 16.7. The zero-order chi connectivity index (χ0) is 22.1. The minimum Gasteiger partial charge on any atom is -0.477 e. The van der Waals surface area contributed by atoms with E-state index in [1.807, 2.05) is 0 Å². The minimum atomic E-state index is -2.78. The predicted octanol–water partition coefficient (Wildman–Crippen LogP) is -6.22. The van der Waals surface area contributed by atoms with Gasteiger partial charge in [-0.15, -0.1) is 0 Å². The number of hydrogen-bond donors (Lipinski definition) is 10. The number of carboxylic acid groups (broad SMARTS) is 1. The average Bonchev–Trinajstić information content (AvgIpc) is 2.69. The molecule has 0 aromatic carbocycles. The summed E-state index contributed by atoms with van der Waals surface area (Å²) in [4.78, 5) is 12.0. The molecule has 2 fully saturated rings. The second-order valence-electron chi connectivity index (χ2n) is 7.04. The minimum absolute atomic E-state index is 0.802. The molecule has 2 rings (SSSR count). The number of ether oxygens (including phenoxy) is 3. The molecule has 0 aromatic heterocycles. The lowest BCUT2D eigenvalue weighted by atomic mass is 9.89. The Labute approximate surface area is 164 Å². The van der Waals surface area contributed by atoms with Gasteiger partial charge in [-0.3, -0.25) is 0 Å². The molecule has 14 nitrogen and oxygen atoms in total. The molecule has 14 heteroatoms. The molecule has 170 valence electrons. The standard InChI is InChI=1S/C15H27NO13/c16-7-4(19)1-15(14(25)26,28-11(7)8(21)5(20)2-17)29-12-9(22)6(3-18)27-13(24)10(12)23/h4-13,17-24H,1-3,16H2,(H,25,26)/t4-,5+,6+,7+,8+,9-,10+,11+,12-,13?,15-/m0/s1. The summed E-state index contributed by atoms with van der Waals surface area (Å²) in [6.07, 6.45) is -16.9. The Kier molecular flexibility index (Phi) is 7.88. The van der Waals surface area contributed by atoms with Gasteiger partial charge < -0.3 is 65.9 Å². The summed E-state index contributed by atoms with van der Waals surface area (Å²) in [6, 6.07) is -1.39. The number of aliphatic hydroxyl groups excluding tert-OH is 8. The molecule has 0 saturated carbocycles. The summed E-state index contributed by atoms with van der Waals surface area (Å²) in [6.45, 7) is -1.73. The van der Waals surface area contributed by atoms with Crippen molar-refractivity contribution in [2.24, 2.45) is 5.73 Å². The van der Waals surface area contributed by atoms with Gasteiger partial charge in [-0.25, -0.2) is 4.79 Å². The van der Waals surface area contributed by atoms with Gasteiger partial charge >= 0.3 is 5.97 Å². The highest BCUT2D eigenvalue weighted by molar-refractivity contribution is 5.76. The number of carbonyl (C=O) groups is 1. The molecular weight excluding hydrogens is 402 g/mol. The normalized spacial score (nSPS) is 45.6. The number of aliphatic hydroxyl groups is 8. The molecule has 2 heterocycles. The summed E-state index contributed by atoms with van der Waals surface area (Å²) < 4.78 is 15.3. The summed E-state index contributed by atoms with van der Waals surface area (Å²) in [5.74, 6) is -4.61. The summed E-state index contributed by atoms with van der Waals surface area (Å²) >= 11 is 0. The van der Waals surface area contributed by atoms with Crippen LogP contribution in [0.3, 0.4) is 0 Å². The number of aliphatic carboxylic acids is 1. The van der Waals surface area contributed by atoms with Crippen molar-refractivity contribution in [2.75, 3.05) is 13.2 Å². The number of rotatable bonds is 7. The second-order valence-corrected chi connectivity index (χ2v) is 7.04. The molecule has 0 aromatic rings. The lowest BCUT2D eigenvalue weighted by molar-refractivity contribution is -0.365. The first-order valence-corrected chi connectivity index (χ1v) is 8.79. The maximum Gasteiger partial charge on any atom is 0.364 e. The quantitative estimate of drug-likeness (QED) is 0.181.